The largest absolute Gasteiger partial charge is 0.346 e. The van der Waals surface area contributed by atoms with Crippen LogP contribution >= 0.6 is 0 Å². The van der Waals surface area contributed by atoms with E-state index in [1.54, 1.807) is 37.3 Å². The molecule has 1 N–H and O–H groups in total. The van der Waals surface area contributed by atoms with Crippen LogP contribution < -0.4 is 5.56 Å². The lowest BCUT2D eigenvalue weighted by Crippen LogP contribution is -2.51. The first-order chi connectivity index (χ1) is 13.2. The second kappa shape index (κ2) is 7.43. The highest BCUT2D eigenvalue weighted by atomic mass is 19.3. The van der Waals surface area contributed by atoms with Gasteiger partial charge in [-0.3, -0.25) is 9.59 Å². The predicted octanol–water partition coefficient (Wildman–Crippen LogP) is 3.59. The molecular formula is C20H21F3N2O3. The van der Waals surface area contributed by atoms with Crippen LogP contribution in [0.4, 0.5) is 13.2 Å². The van der Waals surface area contributed by atoms with E-state index in [0.29, 0.717) is 11.3 Å². The molecule has 0 unspecified atom stereocenters. The molecule has 150 valence electrons. The molecular weight excluding hydrogens is 373 g/mol. The van der Waals surface area contributed by atoms with E-state index in [-0.39, 0.29) is 5.56 Å². The van der Waals surface area contributed by atoms with Crippen LogP contribution in [0.3, 0.4) is 0 Å². The number of carbonyl (C=O) groups is 1. The van der Waals surface area contributed by atoms with Gasteiger partial charge in [0.15, 0.2) is 0 Å². The van der Waals surface area contributed by atoms with Crippen molar-refractivity contribution in [3.63, 3.8) is 0 Å². The summed E-state index contributed by atoms with van der Waals surface area (Å²) < 4.78 is 45.5. The Hall–Kier alpha value is -2.61. The third-order valence-corrected chi connectivity index (χ3v) is 4.93. The molecule has 2 atom stereocenters. The molecule has 1 amide bonds. The van der Waals surface area contributed by atoms with Crippen LogP contribution in [0.2, 0.25) is 0 Å². The van der Waals surface area contributed by atoms with Crippen LogP contribution in [0.25, 0.3) is 11.1 Å². The highest BCUT2D eigenvalue weighted by Gasteiger charge is 2.52. The van der Waals surface area contributed by atoms with E-state index >= 15 is 0 Å². The first-order valence-electron chi connectivity index (χ1n) is 8.81. The summed E-state index contributed by atoms with van der Waals surface area (Å²) in [5, 5.41) is 0. The van der Waals surface area contributed by atoms with Gasteiger partial charge in [0.05, 0.1) is 6.04 Å². The molecule has 0 spiro atoms. The maximum Gasteiger partial charge on any atom is 0.315 e. The summed E-state index contributed by atoms with van der Waals surface area (Å²) >= 11 is 0. The Labute approximate surface area is 160 Å². The van der Waals surface area contributed by atoms with Gasteiger partial charge in [0.2, 0.25) is 5.56 Å². The SMILES string of the molecule is Cc1[nH]c(=O)ccc1-c1ccc([C@H]2OC(C)(C)N(C(=O)C(F)F)[C@@H]2CF)cc1. The van der Waals surface area contributed by atoms with E-state index in [2.05, 4.69) is 4.98 Å². The third kappa shape index (κ3) is 3.56. The van der Waals surface area contributed by atoms with Crippen molar-refractivity contribution in [1.82, 2.24) is 9.88 Å². The Kier molecular flexibility index (Phi) is 5.34. The Bertz CT molecular complexity index is 925. The van der Waals surface area contributed by atoms with Crippen molar-refractivity contribution in [3.05, 3.63) is 58.0 Å². The van der Waals surface area contributed by atoms with Crippen LogP contribution in [0.15, 0.2) is 41.2 Å². The van der Waals surface area contributed by atoms with Crippen molar-refractivity contribution in [2.24, 2.45) is 0 Å². The molecule has 8 heteroatoms. The lowest BCUT2D eigenvalue weighted by Gasteiger charge is -2.32. The fraction of sp³-hybridized carbons (Fsp3) is 0.400. The molecule has 28 heavy (non-hydrogen) atoms. The van der Waals surface area contributed by atoms with Crippen molar-refractivity contribution in [2.75, 3.05) is 6.67 Å². The molecule has 0 saturated carbocycles. The van der Waals surface area contributed by atoms with E-state index in [0.717, 1.165) is 16.0 Å². The Morgan fingerprint density at radius 2 is 1.86 bits per heavy atom. The second-order valence-corrected chi connectivity index (χ2v) is 7.20. The number of nitrogens with zero attached hydrogens (tertiary/aromatic N) is 1. The van der Waals surface area contributed by atoms with Gasteiger partial charge in [-0.1, -0.05) is 24.3 Å². The van der Waals surface area contributed by atoms with Crippen LogP contribution in [0.1, 0.15) is 31.2 Å². The zero-order valence-corrected chi connectivity index (χ0v) is 15.7. The minimum absolute atomic E-state index is 0.200. The lowest BCUT2D eigenvalue weighted by atomic mass is 9.98. The standard InChI is InChI=1S/C20H21F3N2O3/c1-11-14(8-9-16(26)24-11)12-4-6-13(7-5-12)17-15(10-21)25(19(27)18(22)23)20(2,3)28-17/h4-9,15,17-18H,10H2,1-3H3,(H,24,26)/t15-,17-/m1/s1. The average Bonchev–Trinajstić information content (AvgIpc) is 2.91. The van der Waals surface area contributed by atoms with Crippen LogP contribution in [-0.2, 0) is 9.53 Å². The molecule has 5 nitrogen and oxygen atoms in total. The van der Waals surface area contributed by atoms with Gasteiger partial charge in [-0.15, -0.1) is 0 Å². The van der Waals surface area contributed by atoms with Crippen LogP contribution in [0.5, 0.6) is 0 Å². The molecule has 0 aliphatic carbocycles. The van der Waals surface area contributed by atoms with Gasteiger partial charge in [0.25, 0.3) is 5.91 Å². The summed E-state index contributed by atoms with van der Waals surface area (Å²) in [5.41, 5.74) is 1.37. The minimum atomic E-state index is -3.23. The quantitative estimate of drug-likeness (QED) is 0.862. The van der Waals surface area contributed by atoms with Crippen molar-refractivity contribution >= 4 is 5.91 Å². The van der Waals surface area contributed by atoms with Crippen molar-refractivity contribution in [1.29, 1.82) is 0 Å². The monoisotopic (exact) mass is 394 g/mol. The zero-order valence-electron chi connectivity index (χ0n) is 15.7. The molecule has 1 aromatic carbocycles. The van der Waals surface area contributed by atoms with E-state index in [1.165, 1.54) is 19.9 Å². The van der Waals surface area contributed by atoms with Crippen LogP contribution in [0, 0.1) is 6.92 Å². The Morgan fingerprint density at radius 3 is 2.39 bits per heavy atom. The fourth-order valence-corrected chi connectivity index (χ4v) is 3.70. The normalized spacial score (nSPS) is 21.3. The number of halogens is 3. The number of ether oxygens (including phenoxy) is 1. The number of rotatable bonds is 4. The summed E-state index contributed by atoms with van der Waals surface area (Å²) in [7, 11) is 0. The van der Waals surface area contributed by atoms with E-state index in [9.17, 15) is 22.8 Å². The number of aryl methyl sites for hydroxylation is 1. The molecule has 1 aromatic heterocycles. The van der Waals surface area contributed by atoms with Gasteiger partial charge in [-0.25, -0.2) is 4.39 Å². The topological polar surface area (TPSA) is 62.4 Å². The highest BCUT2D eigenvalue weighted by Crippen LogP contribution is 2.42. The van der Waals surface area contributed by atoms with Gasteiger partial charge < -0.3 is 14.6 Å². The summed E-state index contributed by atoms with van der Waals surface area (Å²) in [6.07, 6.45) is -4.10. The number of aromatic nitrogens is 1. The van der Waals surface area contributed by atoms with Gasteiger partial charge >= 0.3 is 6.43 Å². The van der Waals surface area contributed by atoms with Gasteiger partial charge in [-0.2, -0.15) is 8.78 Å². The molecule has 0 radical (unpaired) electrons. The Balaban J connectivity index is 1.93. The fourth-order valence-electron chi connectivity index (χ4n) is 3.70. The third-order valence-electron chi connectivity index (χ3n) is 4.93. The second-order valence-electron chi connectivity index (χ2n) is 7.20. The molecule has 3 rings (SSSR count). The van der Waals surface area contributed by atoms with Crippen molar-refractivity contribution in [2.45, 2.75) is 45.1 Å². The summed E-state index contributed by atoms with van der Waals surface area (Å²) in [5.74, 6) is -1.45. The van der Waals surface area contributed by atoms with E-state index < -0.39 is 36.9 Å². The average molecular weight is 394 g/mol. The first kappa shape index (κ1) is 20.1. The number of amides is 1. The van der Waals surface area contributed by atoms with Gasteiger partial charge in [0, 0.05) is 17.3 Å². The summed E-state index contributed by atoms with van der Waals surface area (Å²) in [4.78, 5) is 26.8. The lowest BCUT2D eigenvalue weighted by molar-refractivity contribution is -0.159. The molecule has 1 aliphatic heterocycles. The number of aromatic amines is 1. The maximum atomic E-state index is 13.7. The molecule has 1 saturated heterocycles. The van der Waals surface area contributed by atoms with Gasteiger partial charge in [-0.05, 0) is 38.0 Å². The maximum absolute atomic E-state index is 13.7. The number of pyridine rings is 1. The summed E-state index contributed by atoms with van der Waals surface area (Å²) in [6, 6.07) is 8.95. The molecule has 2 heterocycles. The number of benzene rings is 1. The number of nitrogens with one attached hydrogen (secondary N) is 1. The zero-order chi connectivity index (χ0) is 20.6. The molecule has 1 aliphatic rings. The highest BCUT2D eigenvalue weighted by molar-refractivity contribution is 5.80. The smallest absolute Gasteiger partial charge is 0.315 e. The molecule has 2 aromatic rings. The van der Waals surface area contributed by atoms with Crippen molar-refractivity contribution in [3.8, 4) is 11.1 Å². The van der Waals surface area contributed by atoms with Crippen molar-refractivity contribution < 1.29 is 22.7 Å². The molecule has 1 fully saturated rings. The van der Waals surface area contributed by atoms with E-state index in [4.69, 9.17) is 4.74 Å². The summed E-state index contributed by atoms with van der Waals surface area (Å²) in [6.45, 7) is 3.70. The number of hydrogen-bond donors (Lipinski definition) is 1. The van der Waals surface area contributed by atoms with Gasteiger partial charge in [0.1, 0.15) is 18.5 Å². The molecule has 0 bridgehead atoms. The van der Waals surface area contributed by atoms with Crippen LogP contribution in [-0.4, -0.2) is 40.7 Å². The predicted molar refractivity (Wildman–Crippen MR) is 97.8 cm³/mol. The van der Waals surface area contributed by atoms with E-state index in [1.807, 2.05) is 0 Å². The number of H-pyrrole nitrogens is 1. The number of carbonyl (C=O) groups excluding carboxylic acids is 1. The minimum Gasteiger partial charge on any atom is -0.346 e. The number of alkyl halides is 3. The number of hydrogen-bond acceptors (Lipinski definition) is 3. The first-order valence-corrected chi connectivity index (χ1v) is 8.81. The Morgan fingerprint density at radius 1 is 1.21 bits per heavy atom.